The largest absolute Gasteiger partial charge is 0.497 e. The second-order valence-corrected chi connectivity index (χ2v) is 6.66. The highest BCUT2D eigenvalue weighted by atomic mass is 16.5. The van der Waals surface area contributed by atoms with Gasteiger partial charge in [-0.1, -0.05) is 25.5 Å². The van der Waals surface area contributed by atoms with Crippen LogP contribution in [0.15, 0.2) is 24.3 Å². The standard InChI is InChI=1S/C19H31N3O2/c1-15(16-6-8-18(24-2)9-7-16)14-22-12-4-3-5-17(22)13-21-19(23)10-11-20/h6-9,15,17H,3-5,10-14,20H2,1-2H3,(H,21,23). The fourth-order valence-corrected chi connectivity index (χ4v) is 3.37. The Balaban J connectivity index is 1.90. The molecule has 0 radical (unpaired) electrons. The van der Waals surface area contributed by atoms with E-state index in [4.69, 9.17) is 10.5 Å². The van der Waals surface area contributed by atoms with Crippen LogP contribution in [0.4, 0.5) is 0 Å². The number of hydrogen-bond donors (Lipinski definition) is 2. The molecule has 5 heteroatoms. The van der Waals surface area contributed by atoms with Gasteiger partial charge in [0.1, 0.15) is 5.75 Å². The number of carbonyl (C=O) groups is 1. The number of hydrogen-bond acceptors (Lipinski definition) is 4. The molecule has 1 aromatic carbocycles. The molecule has 1 fully saturated rings. The first-order valence-corrected chi connectivity index (χ1v) is 8.98. The van der Waals surface area contributed by atoms with Crippen molar-refractivity contribution in [3.05, 3.63) is 29.8 Å². The second-order valence-electron chi connectivity index (χ2n) is 6.66. The predicted molar refractivity (Wildman–Crippen MR) is 97.3 cm³/mol. The monoisotopic (exact) mass is 333 g/mol. The molecule has 1 amide bonds. The predicted octanol–water partition coefficient (Wildman–Crippen LogP) is 2.12. The number of nitrogens with two attached hydrogens (primary N) is 1. The summed E-state index contributed by atoms with van der Waals surface area (Å²) in [6.45, 7) is 5.53. The Hall–Kier alpha value is -1.59. The van der Waals surface area contributed by atoms with Gasteiger partial charge in [-0.2, -0.15) is 0 Å². The maximum absolute atomic E-state index is 11.7. The molecule has 1 saturated heterocycles. The fourth-order valence-electron chi connectivity index (χ4n) is 3.37. The van der Waals surface area contributed by atoms with Gasteiger partial charge < -0.3 is 15.8 Å². The molecule has 1 aliphatic rings. The molecule has 24 heavy (non-hydrogen) atoms. The third-order valence-electron chi connectivity index (χ3n) is 4.85. The van der Waals surface area contributed by atoms with Crippen molar-refractivity contribution < 1.29 is 9.53 Å². The highest BCUT2D eigenvalue weighted by molar-refractivity contribution is 5.76. The first-order valence-electron chi connectivity index (χ1n) is 8.98. The smallest absolute Gasteiger partial charge is 0.221 e. The molecule has 1 aliphatic heterocycles. The average molecular weight is 333 g/mol. The van der Waals surface area contributed by atoms with E-state index in [0.29, 0.717) is 24.9 Å². The zero-order valence-corrected chi connectivity index (χ0v) is 15.0. The molecule has 0 bridgehead atoms. The molecule has 3 N–H and O–H groups in total. The lowest BCUT2D eigenvalue weighted by Crippen LogP contribution is -2.48. The molecule has 134 valence electrons. The number of benzene rings is 1. The summed E-state index contributed by atoms with van der Waals surface area (Å²) in [7, 11) is 1.69. The molecule has 1 aromatic rings. The normalized spacial score (nSPS) is 19.7. The fraction of sp³-hybridized carbons (Fsp3) is 0.632. The number of piperidine rings is 1. The van der Waals surface area contributed by atoms with Crippen LogP contribution < -0.4 is 15.8 Å². The molecular weight excluding hydrogens is 302 g/mol. The molecule has 2 rings (SSSR count). The summed E-state index contributed by atoms with van der Waals surface area (Å²) >= 11 is 0. The van der Waals surface area contributed by atoms with Crippen molar-refractivity contribution in [2.45, 2.75) is 44.6 Å². The van der Waals surface area contributed by atoms with Crippen LogP contribution in [0.1, 0.15) is 44.1 Å². The molecule has 2 unspecified atom stereocenters. The van der Waals surface area contributed by atoms with Crippen LogP contribution in [-0.2, 0) is 4.79 Å². The highest BCUT2D eigenvalue weighted by Gasteiger charge is 2.24. The number of nitrogens with zero attached hydrogens (tertiary/aromatic N) is 1. The van der Waals surface area contributed by atoms with E-state index in [-0.39, 0.29) is 5.91 Å². The van der Waals surface area contributed by atoms with E-state index in [1.54, 1.807) is 7.11 Å². The van der Waals surface area contributed by atoms with Gasteiger partial charge in [-0.3, -0.25) is 9.69 Å². The Morgan fingerprint density at radius 3 is 2.79 bits per heavy atom. The minimum absolute atomic E-state index is 0.0613. The van der Waals surface area contributed by atoms with Gasteiger partial charge in [-0.05, 0) is 43.0 Å². The van der Waals surface area contributed by atoms with E-state index >= 15 is 0 Å². The lowest BCUT2D eigenvalue weighted by Gasteiger charge is -2.37. The molecule has 0 saturated carbocycles. The van der Waals surface area contributed by atoms with Gasteiger partial charge >= 0.3 is 0 Å². The topological polar surface area (TPSA) is 67.6 Å². The van der Waals surface area contributed by atoms with Crippen molar-refractivity contribution in [1.29, 1.82) is 0 Å². The van der Waals surface area contributed by atoms with E-state index in [9.17, 15) is 4.79 Å². The molecule has 0 spiro atoms. The van der Waals surface area contributed by atoms with Crippen molar-refractivity contribution in [3.8, 4) is 5.75 Å². The van der Waals surface area contributed by atoms with Crippen LogP contribution in [0.5, 0.6) is 5.75 Å². The minimum Gasteiger partial charge on any atom is -0.497 e. The average Bonchev–Trinajstić information content (AvgIpc) is 2.61. The first-order chi connectivity index (χ1) is 11.6. The van der Waals surface area contributed by atoms with Crippen molar-refractivity contribution in [2.75, 3.05) is 33.3 Å². The Bertz CT molecular complexity index is 504. The molecule has 5 nitrogen and oxygen atoms in total. The summed E-state index contributed by atoms with van der Waals surface area (Å²) in [6.07, 6.45) is 4.04. The number of methoxy groups -OCH3 is 1. The van der Waals surface area contributed by atoms with Gasteiger partial charge in [0.15, 0.2) is 0 Å². The summed E-state index contributed by atoms with van der Waals surface area (Å²) in [6, 6.07) is 8.76. The summed E-state index contributed by atoms with van der Waals surface area (Å²) in [5.41, 5.74) is 6.76. The highest BCUT2D eigenvalue weighted by Crippen LogP contribution is 2.24. The lowest BCUT2D eigenvalue weighted by atomic mass is 9.96. The van der Waals surface area contributed by atoms with Crippen molar-refractivity contribution in [1.82, 2.24) is 10.2 Å². The number of ether oxygens (including phenoxy) is 1. The number of carbonyl (C=O) groups excluding carboxylic acids is 1. The van der Waals surface area contributed by atoms with Crippen LogP contribution in [-0.4, -0.2) is 50.1 Å². The quantitative estimate of drug-likeness (QED) is 0.765. The van der Waals surface area contributed by atoms with Crippen molar-refractivity contribution >= 4 is 5.91 Å². The van der Waals surface area contributed by atoms with Crippen LogP contribution in [0.3, 0.4) is 0 Å². The molecule has 0 aromatic heterocycles. The first kappa shape index (κ1) is 18.7. The number of nitrogens with one attached hydrogen (secondary N) is 1. The molecule has 2 atom stereocenters. The summed E-state index contributed by atoms with van der Waals surface area (Å²) in [4.78, 5) is 14.2. The second kappa shape index (κ2) is 9.64. The third kappa shape index (κ3) is 5.49. The lowest BCUT2D eigenvalue weighted by molar-refractivity contribution is -0.121. The molecular formula is C19H31N3O2. The van der Waals surface area contributed by atoms with E-state index < -0.39 is 0 Å². The maximum Gasteiger partial charge on any atom is 0.221 e. The summed E-state index contributed by atoms with van der Waals surface area (Å²) < 4.78 is 5.23. The van der Waals surface area contributed by atoms with Crippen LogP contribution >= 0.6 is 0 Å². The summed E-state index contributed by atoms with van der Waals surface area (Å²) in [5.74, 6) is 1.41. The van der Waals surface area contributed by atoms with E-state index in [2.05, 4.69) is 29.3 Å². The Morgan fingerprint density at radius 2 is 2.12 bits per heavy atom. The van der Waals surface area contributed by atoms with Crippen molar-refractivity contribution in [3.63, 3.8) is 0 Å². The van der Waals surface area contributed by atoms with Gasteiger partial charge in [0.25, 0.3) is 0 Å². The van der Waals surface area contributed by atoms with Gasteiger partial charge in [0.05, 0.1) is 7.11 Å². The zero-order chi connectivity index (χ0) is 17.4. The Morgan fingerprint density at radius 1 is 1.38 bits per heavy atom. The number of likely N-dealkylation sites (tertiary alicyclic amines) is 1. The minimum atomic E-state index is 0.0613. The van der Waals surface area contributed by atoms with Crippen LogP contribution in [0.25, 0.3) is 0 Å². The Labute approximate surface area is 145 Å². The van der Waals surface area contributed by atoms with Gasteiger partial charge in [-0.25, -0.2) is 0 Å². The van der Waals surface area contributed by atoms with Crippen molar-refractivity contribution in [2.24, 2.45) is 5.73 Å². The van der Waals surface area contributed by atoms with Crippen LogP contribution in [0, 0.1) is 0 Å². The molecule has 1 heterocycles. The zero-order valence-electron chi connectivity index (χ0n) is 15.0. The SMILES string of the molecule is COc1ccc(C(C)CN2CCCCC2CNC(=O)CCN)cc1. The van der Waals surface area contributed by atoms with E-state index in [1.165, 1.54) is 18.4 Å². The van der Waals surface area contributed by atoms with Gasteiger partial charge in [0.2, 0.25) is 5.91 Å². The Kier molecular flexibility index (Phi) is 7.53. The van der Waals surface area contributed by atoms with Gasteiger partial charge in [-0.15, -0.1) is 0 Å². The number of amides is 1. The molecule has 0 aliphatic carbocycles. The number of rotatable bonds is 8. The van der Waals surface area contributed by atoms with E-state index in [1.807, 2.05) is 12.1 Å². The van der Waals surface area contributed by atoms with E-state index in [0.717, 1.165) is 31.8 Å². The summed E-state index contributed by atoms with van der Waals surface area (Å²) in [5, 5.41) is 3.03. The third-order valence-corrected chi connectivity index (χ3v) is 4.85. The van der Waals surface area contributed by atoms with Gasteiger partial charge in [0, 0.05) is 32.1 Å². The van der Waals surface area contributed by atoms with Crippen LogP contribution in [0.2, 0.25) is 0 Å². The maximum atomic E-state index is 11.7.